The molecule has 0 bridgehead atoms. The van der Waals surface area contributed by atoms with Gasteiger partial charge < -0.3 is 4.90 Å². The second-order valence-corrected chi connectivity index (χ2v) is 5.27. The van der Waals surface area contributed by atoms with E-state index >= 15 is 0 Å². The van der Waals surface area contributed by atoms with E-state index in [4.69, 9.17) is 5.26 Å². The van der Waals surface area contributed by atoms with Gasteiger partial charge in [-0.25, -0.2) is 0 Å². The smallest absolute Gasteiger partial charge is 0.253 e. The molecular weight excluding hydrogens is 232 g/mol. The van der Waals surface area contributed by atoms with Gasteiger partial charge in [-0.3, -0.25) is 4.79 Å². The lowest BCUT2D eigenvalue weighted by molar-refractivity contribution is 0.0748. The van der Waals surface area contributed by atoms with Crippen molar-refractivity contribution in [3.63, 3.8) is 0 Å². The summed E-state index contributed by atoms with van der Waals surface area (Å²) in [4.78, 5) is 14.0. The number of amides is 1. The lowest BCUT2D eigenvalue weighted by Crippen LogP contribution is -2.36. The van der Waals surface area contributed by atoms with Crippen LogP contribution < -0.4 is 0 Å². The monoisotopic (exact) mass is 246 g/mol. The van der Waals surface area contributed by atoms with Crippen LogP contribution in [0.2, 0.25) is 0 Å². The third-order valence-electron chi connectivity index (χ3n) is 3.03. The highest BCUT2D eigenvalue weighted by atomic mass is 32.2. The summed E-state index contributed by atoms with van der Waals surface area (Å²) in [5.74, 6) is 2.20. The maximum absolute atomic E-state index is 12.2. The number of thioether (sulfide) groups is 1. The molecule has 2 rings (SSSR count). The largest absolute Gasteiger partial charge is 0.338 e. The van der Waals surface area contributed by atoms with Crippen molar-refractivity contribution >= 4 is 17.7 Å². The molecule has 1 fully saturated rings. The lowest BCUT2D eigenvalue weighted by atomic mass is 10.1. The number of hydrogen-bond acceptors (Lipinski definition) is 3. The second kappa shape index (κ2) is 5.24. The Bertz CT molecular complexity index is 443. The molecule has 1 aromatic rings. The highest BCUT2D eigenvalue weighted by molar-refractivity contribution is 7.99. The van der Waals surface area contributed by atoms with Gasteiger partial charge in [-0.1, -0.05) is 0 Å². The third-order valence-corrected chi connectivity index (χ3v) is 4.18. The van der Waals surface area contributed by atoms with Gasteiger partial charge in [-0.2, -0.15) is 17.0 Å². The van der Waals surface area contributed by atoms with Gasteiger partial charge in [0.1, 0.15) is 0 Å². The van der Waals surface area contributed by atoms with Crippen LogP contribution in [0.4, 0.5) is 0 Å². The van der Waals surface area contributed by atoms with Gasteiger partial charge in [-0.05, 0) is 36.4 Å². The summed E-state index contributed by atoms with van der Waals surface area (Å²) in [6.07, 6.45) is 1.07. The van der Waals surface area contributed by atoms with Crippen molar-refractivity contribution in [2.24, 2.45) is 0 Å². The van der Waals surface area contributed by atoms with Crippen LogP contribution in [0.25, 0.3) is 0 Å². The SMILES string of the molecule is CN(C(=O)c1ccc(C#N)cc1)C1CCSC1. The standard InChI is InChI=1S/C13H14N2OS/c1-15(12-6-7-17-9-12)13(16)11-4-2-10(8-14)3-5-11/h2-5,12H,6-7,9H2,1H3. The number of hydrogen-bond donors (Lipinski definition) is 0. The van der Waals surface area contributed by atoms with Gasteiger partial charge in [0.25, 0.3) is 5.91 Å². The molecule has 3 nitrogen and oxygen atoms in total. The number of carbonyl (C=O) groups is 1. The molecule has 1 aliphatic heterocycles. The number of nitrogens with zero attached hydrogens (tertiary/aromatic N) is 2. The Labute approximate surface area is 105 Å². The fourth-order valence-electron chi connectivity index (χ4n) is 1.88. The normalized spacial score (nSPS) is 18.7. The van der Waals surface area contributed by atoms with E-state index in [0.29, 0.717) is 17.2 Å². The van der Waals surface area contributed by atoms with Crippen LogP contribution in [0.15, 0.2) is 24.3 Å². The van der Waals surface area contributed by atoms with Crippen LogP contribution in [-0.2, 0) is 0 Å². The minimum Gasteiger partial charge on any atom is -0.338 e. The van der Waals surface area contributed by atoms with E-state index in [-0.39, 0.29) is 5.91 Å². The fraction of sp³-hybridized carbons (Fsp3) is 0.385. The van der Waals surface area contributed by atoms with Crippen LogP contribution in [0, 0.1) is 11.3 Å². The Balaban J connectivity index is 2.10. The fourth-order valence-corrected chi connectivity index (χ4v) is 3.15. The molecule has 4 heteroatoms. The molecular formula is C13H14N2OS. The van der Waals surface area contributed by atoms with Gasteiger partial charge >= 0.3 is 0 Å². The molecule has 1 amide bonds. The predicted molar refractivity (Wildman–Crippen MR) is 69.0 cm³/mol. The van der Waals surface area contributed by atoms with Gasteiger partial charge in [-0.15, -0.1) is 0 Å². The average Bonchev–Trinajstić information content (AvgIpc) is 2.91. The minimum absolute atomic E-state index is 0.0435. The highest BCUT2D eigenvalue weighted by Gasteiger charge is 2.24. The molecule has 1 aromatic carbocycles. The number of nitriles is 1. The molecule has 88 valence electrons. The van der Waals surface area contributed by atoms with Gasteiger partial charge in [0.05, 0.1) is 11.6 Å². The zero-order chi connectivity index (χ0) is 12.3. The summed E-state index contributed by atoms with van der Waals surface area (Å²) in [7, 11) is 1.86. The Morgan fingerprint density at radius 3 is 2.71 bits per heavy atom. The molecule has 1 saturated heterocycles. The molecule has 0 aliphatic carbocycles. The van der Waals surface area contributed by atoms with Crippen LogP contribution >= 0.6 is 11.8 Å². The quantitative estimate of drug-likeness (QED) is 0.803. The zero-order valence-electron chi connectivity index (χ0n) is 9.72. The first-order valence-corrected chi connectivity index (χ1v) is 6.73. The topological polar surface area (TPSA) is 44.1 Å². The summed E-state index contributed by atoms with van der Waals surface area (Å²) in [6.45, 7) is 0. The van der Waals surface area contributed by atoms with Crippen molar-refractivity contribution < 1.29 is 4.79 Å². The van der Waals surface area contributed by atoms with Crippen molar-refractivity contribution in [3.8, 4) is 6.07 Å². The van der Waals surface area contributed by atoms with E-state index in [1.165, 1.54) is 0 Å². The average molecular weight is 246 g/mol. The van der Waals surface area contributed by atoms with Crippen molar-refractivity contribution in [2.75, 3.05) is 18.6 Å². The van der Waals surface area contributed by atoms with Gasteiger partial charge in [0.2, 0.25) is 0 Å². The maximum atomic E-state index is 12.2. The molecule has 0 spiro atoms. The van der Waals surface area contributed by atoms with E-state index in [0.717, 1.165) is 17.9 Å². The summed E-state index contributed by atoms with van der Waals surface area (Å²) < 4.78 is 0. The molecule has 0 radical (unpaired) electrons. The molecule has 1 unspecified atom stereocenters. The Morgan fingerprint density at radius 1 is 1.47 bits per heavy atom. The first kappa shape index (κ1) is 12.0. The Hall–Kier alpha value is -1.47. The van der Waals surface area contributed by atoms with Crippen LogP contribution in [0.1, 0.15) is 22.3 Å². The van der Waals surface area contributed by atoms with Gasteiger partial charge in [0.15, 0.2) is 0 Å². The predicted octanol–water partition coefficient (Wildman–Crippen LogP) is 2.14. The first-order chi connectivity index (χ1) is 8.22. The summed E-state index contributed by atoms with van der Waals surface area (Å²) in [5, 5.41) is 8.70. The van der Waals surface area contributed by atoms with Crippen molar-refractivity contribution in [1.82, 2.24) is 4.90 Å². The Kier molecular flexibility index (Phi) is 3.70. The molecule has 1 aliphatic rings. The van der Waals surface area contributed by atoms with Crippen molar-refractivity contribution in [1.29, 1.82) is 5.26 Å². The van der Waals surface area contributed by atoms with E-state index in [2.05, 4.69) is 0 Å². The molecule has 0 aromatic heterocycles. The third kappa shape index (κ3) is 2.62. The molecule has 0 saturated carbocycles. The van der Waals surface area contributed by atoms with E-state index in [9.17, 15) is 4.79 Å². The molecule has 17 heavy (non-hydrogen) atoms. The van der Waals surface area contributed by atoms with Crippen LogP contribution in [-0.4, -0.2) is 35.4 Å². The maximum Gasteiger partial charge on any atom is 0.253 e. The van der Waals surface area contributed by atoms with E-state index in [1.54, 1.807) is 24.3 Å². The van der Waals surface area contributed by atoms with E-state index < -0.39 is 0 Å². The number of rotatable bonds is 2. The summed E-state index contributed by atoms with van der Waals surface area (Å²) >= 11 is 1.89. The van der Waals surface area contributed by atoms with E-state index in [1.807, 2.05) is 29.8 Å². The van der Waals surface area contributed by atoms with Gasteiger partial charge in [0, 0.05) is 24.4 Å². The first-order valence-electron chi connectivity index (χ1n) is 5.57. The molecule has 0 N–H and O–H groups in total. The summed E-state index contributed by atoms with van der Waals surface area (Å²) in [5.41, 5.74) is 1.24. The van der Waals surface area contributed by atoms with Crippen molar-refractivity contribution in [2.45, 2.75) is 12.5 Å². The Morgan fingerprint density at radius 2 is 2.18 bits per heavy atom. The highest BCUT2D eigenvalue weighted by Crippen LogP contribution is 2.22. The van der Waals surface area contributed by atoms with Crippen molar-refractivity contribution in [3.05, 3.63) is 35.4 Å². The summed E-state index contributed by atoms with van der Waals surface area (Å²) in [6, 6.07) is 9.21. The van der Waals surface area contributed by atoms with Crippen LogP contribution in [0.5, 0.6) is 0 Å². The lowest BCUT2D eigenvalue weighted by Gasteiger charge is -2.23. The van der Waals surface area contributed by atoms with Crippen LogP contribution in [0.3, 0.4) is 0 Å². The number of benzene rings is 1. The zero-order valence-corrected chi connectivity index (χ0v) is 10.5. The molecule has 1 heterocycles. The minimum atomic E-state index is 0.0435. The molecule has 1 atom stereocenters. The second-order valence-electron chi connectivity index (χ2n) is 4.12. The number of carbonyl (C=O) groups excluding carboxylic acids is 1.